The Kier molecular flexibility index (Phi) is 4.56. The summed E-state index contributed by atoms with van der Waals surface area (Å²) in [6.07, 6.45) is -0.381. The van der Waals surface area contributed by atoms with Gasteiger partial charge in [0.2, 0.25) is 0 Å². The van der Waals surface area contributed by atoms with Gasteiger partial charge in [-0.25, -0.2) is 0 Å². The first kappa shape index (κ1) is 17.1. The smallest absolute Gasteiger partial charge is 0.278 e. The van der Waals surface area contributed by atoms with Gasteiger partial charge in [0, 0.05) is 25.2 Å². The summed E-state index contributed by atoms with van der Waals surface area (Å²) in [5, 5.41) is 23.9. The van der Waals surface area contributed by atoms with Crippen LogP contribution in [0.25, 0.3) is 5.69 Å². The molecule has 2 atom stereocenters. The average molecular weight is 344 g/mol. The fourth-order valence-electron chi connectivity index (χ4n) is 2.75. The van der Waals surface area contributed by atoms with Gasteiger partial charge in [0.25, 0.3) is 11.5 Å². The third kappa shape index (κ3) is 3.40. The Morgan fingerprint density at radius 2 is 2.00 bits per heavy atom. The minimum absolute atomic E-state index is 0.0603. The Morgan fingerprint density at radius 1 is 1.32 bits per heavy atom. The molecule has 4 N–H and O–H groups in total. The Hall–Kier alpha value is -2.71. The van der Waals surface area contributed by atoms with Gasteiger partial charge in [-0.15, -0.1) is 0 Å². The summed E-state index contributed by atoms with van der Waals surface area (Å²) in [5.41, 5.74) is 6.48. The molecular formula is C17H20N4O4. The average Bonchev–Trinajstić information content (AvgIpc) is 2.58. The van der Waals surface area contributed by atoms with Gasteiger partial charge in [-0.2, -0.15) is 9.78 Å². The van der Waals surface area contributed by atoms with Gasteiger partial charge in [0.15, 0.2) is 11.4 Å². The van der Waals surface area contributed by atoms with E-state index in [-0.39, 0.29) is 18.3 Å². The van der Waals surface area contributed by atoms with Crippen LogP contribution in [0.4, 0.5) is 0 Å². The van der Waals surface area contributed by atoms with Crippen LogP contribution >= 0.6 is 0 Å². The van der Waals surface area contributed by atoms with E-state index in [1.165, 1.54) is 4.90 Å². The standard InChI is InChI=1S/C17H20N4O4/c1-10-2-4-11(5-3-10)21-15(24)8-13(22)16(19-21)17(25)20-7-6-12(18)14(23)9-20/h2-5,8,12,14,22-23H,6-7,9,18H2,1H3/t12-,14-/m1/s1. The zero-order valence-corrected chi connectivity index (χ0v) is 13.8. The second-order valence-electron chi connectivity index (χ2n) is 6.23. The van der Waals surface area contributed by atoms with Crippen molar-refractivity contribution in [2.24, 2.45) is 5.73 Å². The molecule has 1 aliphatic rings. The third-order valence-corrected chi connectivity index (χ3v) is 4.31. The number of carbonyl (C=O) groups excluding carboxylic acids is 1. The summed E-state index contributed by atoms with van der Waals surface area (Å²) in [6.45, 7) is 2.32. The molecule has 1 amide bonds. The number of likely N-dealkylation sites (tertiary alicyclic amines) is 1. The molecule has 0 unspecified atom stereocenters. The number of rotatable bonds is 2. The fourth-order valence-corrected chi connectivity index (χ4v) is 2.75. The summed E-state index contributed by atoms with van der Waals surface area (Å²) in [4.78, 5) is 26.2. The number of aliphatic hydroxyl groups is 1. The molecule has 0 bridgehead atoms. The number of aliphatic hydroxyl groups excluding tert-OH is 1. The van der Waals surface area contributed by atoms with E-state index in [0.717, 1.165) is 16.3 Å². The number of carbonyl (C=O) groups is 1. The van der Waals surface area contributed by atoms with Crippen LogP contribution in [0, 0.1) is 6.92 Å². The number of hydrogen-bond acceptors (Lipinski definition) is 6. The van der Waals surface area contributed by atoms with E-state index < -0.39 is 23.3 Å². The van der Waals surface area contributed by atoms with Gasteiger partial charge in [-0.3, -0.25) is 9.59 Å². The van der Waals surface area contributed by atoms with Crippen molar-refractivity contribution in [3.63, 3.8) is 0 Å². The maximum Gasteiger partial charge on any atom is 0.278 e. The lowest BCUT2D eigenvalue weighted by molar-refractivity contribution is 0.0387. The van der Waals surface area contributed by atoms with Crippen LogP contribution in [0.5, 0.6) is 5.75 Å². The van der Waals surface area contributed by atoms with E-state index in [4.69, 9.17) is 5.73 Å². The van der Waals surface area contributed by atoms with Crippen molar-refractivity contribution < 1.29 is 15.0 Å². The van der Waals surface area contributed by atoms with Crippen LogP contribution in [-0.4, -0.2) is 56.0 Å². The van der Waals surface area contributed by atoms with Crippen LogP contribution in [0.1, 0.15) is 22.5 Å². The second kappa shape index (κ2) is 6.66. The number of β-amino-alcohol motifs (C(OH)–C–C–N with tert-alkyl or cyclic N) is 1. The number of amides is 1. The second-order valence-corrected chi connectivity index (χ2v) is 6.23. The molecule has 1 aromatic carbocycles. The van der Waals surface area contributed by atoms with Crippen molar-refractivity contribution in [2.75, 3.05) is 13.1 Å². The number of hydrogen-bond donors (Lipinski definition) is 3. The lowest BCUT2D eigenvalue weighted by atomic mass is 10.0. The monoisotopic (exact) mass is 344 g/mol. The molecule has 8 heteroatoms. The first-order valence-corrected chi connectivity index (χ1v) is 8.00. The van der Waals surface area contributed by atoms with Crippen LogP contribution in [0.2, 0.25) is 0 Å². The van der Waals surface area contributed by atoms with E-state index in [1.54, 1.807) is 12.1 Å². The highest BCUT2D eigenvalue weighted by atomic mass is 16.3. The van der Waals surface area contributed by atoms with Gasteiger partial charge >= 0.3 is 0 Å². The largest absolute Gasteiger partial charge is 0.505 e. The number of nitrogens with two attached hydrogens (primary N) is 1. The number of aromatic hydroxyl groups is 1. The topological polar surface area (TPSA) is 122 Å². The SMILES string of the molecule is Cc1ccc(-n2nc(C(=O)N3CC[C@@H](N)[C@H](O)C3)c(O)cc2=O)cc1. The summed E-state index contributed by atoms with van der Waals surface area (Å²) in [5.74, 6) is -1.04. The number of aryl methyl sites for hydroxylation is 1. The van der Waals surface area contributed by atoms with E-state index in [2.05, 4.69) is 5.10 Å². The van der Waals surface area contributed by atoms with Gasteiger partial charge < -0.3 is 20.8 Å². The van der Waals surface area contributed by atoms with E-state index >= 15 is 0 Å². The van der Waals surface area contributed by atoms with Crippen LogP contribution in [0.3, 0.4) is 0 Å². The quantitative estimate of drug-likeness (QED) is 0.692. The van der Waals surface area contributed by atoms with Crippen molar-refractivity contribution in [3.05, 3.63) is 51.9 Å². The molecular weight excluding hydrogens is 324 g/mol. The molecule has 2 aromatic rings. The molecule has 25 heavy (non-hydrogen) atoms. The van der Waals surface area contributed by atoms with Crippen LogP contribution < -0.4 is 11.3 Å². The molecule has 0 spiro atoms. The zero-order chi connectivity index (χ0) is 18.1. The normalized spacial score (nSPS) is 20.5. The van der Waals surface area contributed by atoms with Crippen molar-refractivity contribution in [3.8, 4) is 11.4 Å². The summed E-state index contributed by atoms with van der Waals surface area (Å²) < 4.78 is 1.07. The molecule has 8 nitrogen and oxygen atoms in total. The first-order valence-electron chi connectivity index (χ1n) is 8.00. The molecule has 3 rings (SSSR count). The molecule has 1 aliphatic heterocycles. The molecule has 0 radical (unpaired) electrons. The first-order chi connectivity index (χ1) is 11.9. The molecule has 2 heterocycles. The van der Waals surface area contributed by atoms with Crippen LogP contribution in [0.15, 0.2) is 35.1 Å². The zero-order valence-electron chi connectivity index (χ0n) is 13.8. The van der Waals surface area contributed by atoms with E-state index in [1.807, 2.05) is 19.1 Å². The van der Waals surface area contributed by atoms with E-state index in [0.29, 0.717) is 18.7 Å². The molecule has 132 valence electrons. The number of benzene rings is 1. The third-order valence-electron chi connectivity index (χ3n) is 4.31. The summed E-state index contributed by atoms with van der Waals surface area (Å²) >= 11 is 0. The molecule has 0 saturated carbocycles. The Bertz CT molecular complexity index is 847. The minimum Gasteiger partial charge on any atom is -0.505 e. The minimum atomic E-state index is -0.831. The number of nitrogens with zero attached hydrogens (tertiary/aromatic N) is 3. The molecule has 0 aliphatic carbocycles. The predicted molar refractivity (Wildman–Crippen MR) is 90.7 cm³/mol. The Labute approximate surface area is 144 Å². The van der Waals surface area contributed by atoms with Crippen molar-refractivity contribution in [1.29, 1.82) is 0 Å². The Morgan fingerprint density at radius 3 is 2.64 bits per heavy atom. The molecule has 1 aromatic heterocycles. The fraction of sp³-hybridized carbons (Fsp3) is 0.353. The lowest BCUT2D eigenvalue weighted by Crippen LogP contribution is -2.52. The highest BCUT2D eigenvalue weighted by Gasteiger charge is 2.30. The Balaban J connectivity index is 1.96. The number of aromatic nitrogens is 2. The van der Waals surface area contributed by atoms with E-state index in [9.17, 15) is 19.8 Å². The van der Waals surface area contributed by atoms with Crippen molar-refractivity contribution >= 4 is 5.91 Å². The molecule has 1 saturated heterocycles. The predicted octanol–water partition coefficient (Wildman–Crippen LogP) is -0.219. The highest BCUT2D eigenvalue weighted by Crippen LogP contribution is 2.18. The summed E-state index contributed by atoms with van der Waals surface area (Å²) in [6, 6.07) is 7.64. The van der Waals surface area contributed by atoms with Crippen molar-refractivity contribution in [2.45, 2.75) is 25.5 Å². The maximum absolute atomic E-state index is 12.7. The van der Waals surface area contributed by atoms with Gasteiger partial charge in [-0.05, 0) is 25.5 Å². The van der Waals surface area contributed by atoms with Gasteiger partial charge in [-0.1, -0.05) is 17.7 Å². The summed E-state index contributed by atoms with van der Waals surface area (Å²) in [7, 11) is 0. The number of piperidine rings is 1. The van der Waals surface area contributed by atoms with Crippen LogP contribution in [-0.2, 0) is 0 Å². The molecule has 1 fully saturated rings. The van der Waals surface area contributed by atoms with Crippen molar-refractivity contribution in [1.82, 2.24) is 14.7 Å². The van der Waals surface area contributed by atoms with Gasteiger partial charge in [0.05, 0.1) is 11.8 Å². The highest BCUT2D eigenvalue weighted by molar-refractivity contribution is 5.94. The van der Waals surface area contributed by atoms with Gasteiger partial charge in [0.1, 0.15) is 0 Å². The maximum atomic E-state index is 12.7. The lowest BCUT2D eigenvalue weighted by Gasteiger charge is -2.33.